The molecule has 2 atom stereocenters. The van der Waals surface area contributed by atoms with Crippen LogP contribution in [0.25, 0.3) is 0 Å². The van der Waals surface area contributed by atoms with E-state index in [0.717, 1.165) is 24.9 Å². The molecule has 0 aromatic rings. The summed E-state index contributed by atoms with van der Waals surface area (Å²) in [4.78, 5) is 0. The first-order chi connectivity index (χ1) is 7.63. The Hall–Kier alpha value is -0.0800. The summed E-state index contributed by atoms with van der Waals surface area (Å²) in [5.74, 6) is 1.74. The molecular formula is C14H25NO. The normalized spacial score (nSPS) is 49.9. The molecule has 4 fully saturated rings. The van der Waals surface area contributed by atoms with Gasteiger partial charge in [-0.25, -0.2) is 0 Å². The van der Waals surface area contributed by atoms with Gasteiger partial charge in [-0.3, -0.25) is 0 Å². The Morgan fingerprint density at radius 2 is 1.88 bits per heavy atom. The molecule has 0 aromatic carbocycles. The summed E-state index contributed by atoms with van der Waals surface area (Å²) >= 11 is 0. The summed E-state index contributed by atoms with van der Waals surface area (Å²) in [6.45, 7) is 3.18. The number of hydrogen-bond acceptors (Lipinski definition) is 2. The van der Waals surface area contributed by atoms with Crippen LogP contribution in [0.2, 0.25) is 0 Å². The average Bonchev–Trinajstić information content (AvgIpc) is 2.13. The highest BCUT2D eigenvalue weighted by Gasteiger charge is 2.56. The highest BCUT2D eigenvalue weighted by atomic mass is 16.5. The van der Waals surface area contributed by atoms with Crippen molar-refractivity contribution in [2.75, 3.05) is 6.61 Å². The monoisotopic (exact) mass is 223 g/mol. The molecule has 0 spiro atoms. The van der Waals surface area contributed by atoms with E-state index in [0.29, 0.717) is 0 Å². The molecule has 16 heavy (non-hydrogen) atoms. The molecule has 2 nitrogen and oxygen atoms in total. The van der Waals surface area contributed by atoms with Crippen LogP contribution in [0.15, 0.2) is 0 Å². The van der Waals surface area contributed by atoms with Crippen molar-refractivity contribution < 1.29 is 4.74 Å². The molecule has 92 valence electrons. The van der Waals surface area contributed by atoms with Crippen molar-refractivity contribution >= 4 is 0 Å². The number of nitrogens with two attached hydrogens (primary N) is 1. The van der Waals surface area contributed by atoms with Gasteiger partial charge in [0, 0.05) is 12.1 Å². The van der Waals surface area contributed by atoms with Gasteiger partial charge >= 0.3 is 0 Å². The Kier molecular flexibility index (Phi) is 2.56. The molecule has 0 heterocycles. The molecule has 4 rings (SSSR count). The third kappa shape index (κ3) is 1.80. The molecule has 4 bridgehead atoms. The van der Waals surface area contributed by atoms with E-state index in [1.165, 1.54) is 44.9 Å². The highest BCUT2D eigenvalue weighted by Crippen LogP contribution is 2.57. The Morgan fingerprint density at radius 1 is 1.19 bits per heavy atom. The first-order valence-corrected chi connectivity index (χ1v) is 7.06. The van der Waals surface area contributed by atoms with Crippen molar-refractivity contribution in [3.05, 3.63) is 0 Å². The van der Waals surface area contributed by atoms with Gasteiger partial charge in [0.1, 0.15) is 0 Å². The number of hydrogen-bond donors (Lipinski definition) is 1. The predicted octanol–water partition coefficient (Wildman–Crippen LogP) is 2.85. The maximum Gasteiger partial charge on any atom is 0.0705 e. The van der Waals surface area contributed by atoms with E-state index in [-0.39, 0.29) is 11.1 Å². The molecular weight excluding hydrogens is 198 g/mol. The van der Waals surface area contributed by atoms with Crippen LogP contribution in [0.1, 0.15) is 58.3 Å². The summed E-state index contributed by atoms with van der Waals surface area (Å²) in [5, 5.41) is 0. The molecule has 4 saturated carbocycles. The SMILES string of the molecule is CCCCOC12CC3CC(CC(N)(C3)C1)C2. The lowest BCUT2D eigenvalue weighted by molar-refractivity contribution is -0.169. The van der Waals surface area contributed by atoms with Crippen LogP contribution in [0.3, 0.4) is 0 Å². The van der Waals surface area contributed by atoms with Crippen LogP contribution in [0.4, 0.5) is 0 Å². The van der Waals surface area contributed by atoms with E-state index in [1.54, 1.807) is 0 Å². The molecule has 2 N–H and O–H groups in total. The van der Waals surface area contributed by atoms with Crippen molar-refractivity contribution in [2.45, 2.75) is 69.4 Å². The fraction of sp³-hybridized carbons (Fsp3) is 1.00. The number of rotatable bonds is 4. The van der Waals surface area contributed by atoms with Crippen LogP contribution in [0.5, 0.6) is 0 Å². The fourth-order valence-electron chi connectivity index (χ4n) is 4.85. The van der Waals surface area contributed by atoms with E-state index in [9.17, 15) is 0 Å². The molecule has 0 amide bonds. The van der Waals surface area contributed by atoms with E-state index >= 15 is 0 Å². The summed E-state index contributed by atoms with van der Waals surface area (Å²) in [5.41, 5.74) is 6.85. The molecule has 2 heteroatoms. The van der Waals surface area contributed by atoms with Gasteiger partial charge in [0.15, 0.2) is 0 Å². The fourth-order valence-corrected chi connectivity index (χ4v) is 4.85. The Balaban J connectivity index is 1.71. The van der Waals surface area contributed by atoms with Crippen molar-refractivity contribution in [1.29, 1.82) is 0 Å². The summed E-state index contributed by atoms with van der Waals surface area (Å²) in [7, 11) is 0. The second-order valence-electron chi connectivity index (χ2n) is 6.71. The maximum absolute atomic E-state index is 6.53. The van der Waals surface area contributed by atoms with Gasteiger partial charge in [-0.05, 0) is 56.8 Å². The minimum Gasteiger partial charge on any atom is -0.375 e. The topological polar surface area (TPSA) is 35.2 Å². The van der Waals surface area contributed by atoms with Crippen molar-refractivity contribution in [3.63, 3.8) is 0 Å². The zero-order valence-electron chi connectivity index (χ0n) is 10.5. The predicted molar refractivity (Wildman–Crippen MR) is 65.2 cm³/mol. The van der Waals surface area contributed by atoms with Gasteiger partial charge in [0.2, 0.25) is 0 Å². The lowest BCUT2D eigenvalue weighted by atomic mass is 9.51. The summed E-state index contributed by atoms with van der Waals surface area (Å²) < 4.78 is 6.27. The standard InChI is InChI=1S/C14H25NO/c1-2-3-4-16-14-8-11-5-12(9-14)7-13(15,6-11)10-14/h11-12H,2-10,15H2,1H3. The Bertz CT molecular complexity index is 262. The van der Waals surface area contributed by atoms with Crippen molar-refractivity contribution in [3.8, 4) is 0 Å². The Morgan fingerprint density at radius 3 is 2.44 bits per heavy atom. The summed E-state index contributed by atoms with van der Waals surface area (Å²) in [6, 6.07) is 0. The molecule has 0 aliphatic heterocycles. The van der Waals surface area contributed by atoms with Crippen LogP contribution >= 0.6 is 0 Å². The van der Waals surface area contributed by atoms with E-state index < -0.39 is 0 Å². The third-order valence-electron chi connectivity index (χ3n) is 4.96. The zero-order valence-corrected chi connectivity index (χ0v) is 10.5. The molecule has 0 radical (unpaired) electrons. The molecule has 4 aliphatic carbocycles. The van der Waals surface area contributed by atoms with Crippen LogP contribution in [-0.4, -0.2) is 17.7 Å². The first-order valence-electron chi connectivity index (χ1n) is 7.06. The Labute approximate surface area is 98.9 Å². The van der Waals surface area contributed by atoms with E-state index in [2.05, 4.69) is 6.92 Å². The molecule has 0 aromatic heterocycles. The maximum atomic E-state index is 6.53. The number of ether oxygens (including phenoxy) is 1. The summed E-state index contributed by atoms with van der Waals surface area (Å²) in [6.07, 6.45) is 10.1. The molecule has 0 saturated heterocycles. The third-order valence-corrected chi connectivity index (χ3v) is 4.96. The van der Waals surface area contributed by atoms with Gasteiger partial charge in [0.25, 0.3) is 0 Å². The van der Waals surface area contributed by atoms with Crippen molar-refractivity contribution in [2.24, 2.45) is 17.6 Å². The van der Waals surface area contributed by atoms with Gasteiger partial charge in [-0.1, -0.05) is 13.3 Å². The van der Waals surface area contributed by atoms with E-state index in [1.807, 2.05) is 0 Å². The van der Waals surface area contributed by atoms with Gasteiger partial charge in [-0.2, -0.15) is 0 Å². The second kappa shape index (κ2) is 3.71. The van der Waals surface area contributed by atoms with Gasteiger partial charge in [-0.15, -0.1) is 0 Å². The first kappa shape index (κ1) is 11.0. The van der Waals surface area contributed by atoms with Crippen LogP contribution < -0.4 is 5.73 Å². The second-order valence-corrected chi connectivity index (χ2v) is 6.71. The number of unbranched alkanes of at least 4 members (excludes halogenated alkanes) is 1. The largest absolute Gasteiger partial charge is 0.375 e. The van der Waals surface area contributed by atoms with Crippen LogP contribution in [0, 0.1) is 11.8 Å². The van der Waals surface area contributed by atoms with E-state index in [4.69, 9.17) is 10.5 Å². The zero-order chi connectivity index (χ0) is 11.2. The smallest absolute Gasteiger partial charge is 0.0705 e. The van der Waals surface area contributed by atoms with Crippen molar-refractivity contribution in [1.82, 2.24) is 0 Å². The van der Waals surface area contributed by atoms with Crippen LogP contribution in [-0.2, 0) is 4.74 Å². The molecule has 2 unspecified atom stereocenters. The minimum absolute atomic E-state index is 0.135. The van der Waals surface area contributed by atoms with Gasteiger partial charge < -0.3 is 10.5 Å². The average molecular weight is 223 g/mol. The lowest BCUT2D eigenvalue weighted by Gasteiger charge is -2.60. The quantitative estimate of drug-likeness (QED) is 0.744. The van der Waals surface area contributed by atoms with Gasteiger partial charge in [0.05, 0.1) is 5.60 Å². The minimum atomic E-state index is 0.135. The lowest BCUT2D eigenvalue weighted by Crippen LogP contribution is -2.63. The highest BCUT2D eigenvalue weighted by molar-refractivity contribution is 5.11. The molecule has 4 aliphatic rings.